The lowest BCUT2D eigenvalue weighted by atomic mass is 10.1. The van der Waals surface area contributed by atoms with Crippen molar-refractivity contribution in [3.63, 3.8) is 0 Å². The number of nitrogens with one attached hydrogen (secondary N) is 1. The van der Waals surface area contributed by atoms with E-state index >= 15 is 0 Å². The standard InChI is InChI=1S/C24H18F3N3O3S2/c1-15-7-10-18(11-8-15)30(35(32)33)21-13-17(24(25,26)27)9-12-19(21)22(31)29-23-28-20(14-34-23)16-5-3-2-4-6-16/h2-14H,1H3,(H,32,33)(H,28,29,31)/p-1. The number of benzene rings is 3. The molecule has 180 valence electrons. The average Bonchev–Trinajstić information content (AvgIpc) is 3.28. The van der Waals surface area contributed by atoms with Gasteiger partial charge in [0.2, 0.25) is 0 Å². The number of carbonyl (C=O) groups excluding carboxylic acids is 1. The highest BCUT2D eigenvalue weighted by Gasteiger charge is 2.33. The second kappa shape index (κ2) is 9.98. The Kier molecular flexibility index (Phi) is 7.01. The number of aryl methyl sites for hydroxylation is 1. The van der Waals surface area contributed by atoms with E-state index in [0.29, 0.717) is 16.1 Å². The molecule has 0 aliphatic heterocycles. The van der Waals surface area contributed by atoms with E-state index in [1.54, 1.807) is 24.4 Å². The van der Waals surface area contributed by atoms with E-state index in [4.69, 9.17) is 0 Å². The lowest BCUT2D eigenvalue weighted by Crippen LogP contribution is -2.24. The molecule has 1 heterocycles. The van der Waals surface area contributed by atoms with E-state index in [0.717, 1.165) is 34.6 Å². The Morgan fingerprint density at radius 2 is 1.74 bits per heavy atom. The van der Waals surface area contributed by atoms with Gasteiger partial charge in [-0.2, -0.15) is 13.2 Å². The molecule has 1 unspecified atom stereocenters. The van der Waals surface area contributed by atoms with Crippen LogP contribution in [0.25, 0.3) is 11.3 Å². The van der Waals surface area contributed by atoms with Gasteiger partial charge in [-0.15, -0.1) is 11.3 Å². The SMILES string of the molecule is Cc1ccc(N(c2cc(C(F)(F)F)ccc2C(=O)Nc2nc(-c3ccccc3)cs2)S(=O)[O-])cc1. The van der Waals surface area contributed by atoms with E-state index in [1.807, 2.05) is 30.3 Å². The number of rotatable bonds is 6. The van der Waals surface area contributed by atoms with E-state index in [1.165, 1.54) is 12.1 Å². The van der Waals surface area contributed by atoms with Crippen LogP contribution in [-0.2, 0) is 17.4 Å². The van der Waals surface area contributed by atoms with Gasteiger partial charge in [0, 0.05) is 10.9 Å². The number of nitrogens with zero attached hydrogens (tertiary/aromatic N) is 2. The lowest BCUT2D eigenvalue weighted by Gasteiger charge is -2.29. The van der Waals surface area contributed by atoms with Crippen LogP contribution in [0.15, 0.2) is 78.2 Å². The molecule has 1 atom stereocenters. The van der Waals surface area contributed by atoms with Gasteiger partial charge in [0.05, 0.1) is 39.5 Å². The summed E-state index contributed by atoms with van der Waals surface area (Å²) < 4.78 is 65.3. The molecule has 0 saturated carbocycles. The zero-order valence-corrected chi connectivity index (χ0v) is 19.7. The number of aromatic nitrogens is 1. The molecule has 0 spiro atoms. The largest absolute Gasteiger partial charge is 0.755 e. The zero-order chi connectivity index (χ0) is 25.2. The summed E-state index contributed by atoms with van der Waals surface area (Å²) in [4.78, 5) is 17.5. The fraction of sp³-hybridized carbons (Fsp3) is 0.0833. The minimum Gasteiger partial charge on any atom is -0.755 e. The highest BCUT2D eigenvalue weighted by molar-refractivity contribution is 7.81. The molecule has 0 fully saturated rings. The summed E-state index contributed by atoms with van der Waals surface area (Å²) in [5.74, 6) is -0.801. The molecule has 1 aromatic heterocycles. The van der Waals surface area contributed by atoms with E-state index in [9.17, 15) is 26.7 Å². The molecule has 3 aromatic carbocycles. The third-order valence-corrected chi connectivity index (χ3v) is 6.46. The quantitative estimate of drug-likeness (QED) is 0.304. The highest BCUT2D eigenvalue weighted by Crippen LogP contribution is 2.37. The molecular weight excluding hydrogens is 499 g/mol. The van der Waals surface area contributed by atoms with Crippen molar-refractivity contribution in [2.24, 2.45) is 0 Å². The van der Waals surface area contributed by atoms with E-state index < -0.39 is 34.6 Å². The van der Waals surface area contributed by atoms with Crippen LogP contribution in [0.2, 0.25) is 0 Å². The van der Waals surface area contributed by atoms with Gasteiger partial charge in [-0.05, 0) is 37.3 Å². The second-order valence-electron chi connectivity index (χ2n) is 7.43. The van der Waals surface area contributed by atoms with Crippen molar-refractivity contribution in [1.29, 1.82) is 0 Å². The maximum atomic E-state index is 13.4. The highest BCUT2D eigenvalue weighted by atomic mass is 32.2. The molecule has 35 heavy (non-hydrogen) atoms. The van der Waals surface area contributed by atoms with Crippen LogP contribution in [0.1, 0.15) is 21.5 Å². The van der Waals surface area contributed by atoms with Gasteiger partial charge < -0.3 is 4.55 Å². The van der Waals surface area contributed by atoms with Crippen molar-refractivity contribution in [3.05, 3.63) is 94.9 Å². The van der Waals surface area contributed by atoms with Crippen LogP contribution in [0.4, 0.5) is 29.7 Å². The van der Waals surface area contributed by atoms with Crippen LogP contribution in [0.3, 0.4) is 0 Å². The summed E-state index contributed by atoms with van der Waals surface area (Å²) in [6.07, 6.45) is -4.74. The number of thiazole rings is 1. The van der Waals surface area contributed by atoms with Crippen LogP contribution in [-0.4, -0.2) is 19.7 Å². The Balaban J connectivity index is 1.74. The van der Waals surface area contributed by atoms with E-state index in [2.05, 4.69) is 10.3 Å². The smallest absolute Gasteiger partial charge is 0.416 e. The molecule has 11 heteroatoms. The van der Waals surface area contributed by atoms with Gasteiger partial charge in [0.15, 0.2) is 5.13 Å². The number of alkyl halides is 3. The number of amides is 1. The molecule has 4 rings (SSSR count). The third kappa shape index (κ3) is 5.59. The summed E-state index contributed by atoms with van der Waals surface area (Å²) >= 11 is -1.88. The maximum absolute atomic E-state index is 13.4. The van der Waals surface area contributed by atoms with Gasteiger partial charge in [-0.3, -0.25) is 18.6 Å². The monoisotopic (exact) mass is 516 g/mol. The van der Waals surface area contributed by atoms with Gasteiger partial charge in [0.25, 0.3) is 5.91 Å². The molecule has 0 radical (unpaired) electrons. The third-order valence-electron chi connectivity index (χ3n) is 5.00. The number of halogens is 3. The fourth-order valence-electron chi connectivity index (χ4n) is 3.29. The zero-order valence-electron chi connectivity index (χ0n) is 18.1. The summed E-state index contributed by atoms with van der Waals surface area (Å²) in [6.45, 7) is 1.78. The number of carbonyl (C=O) groups is 1. The molecule has 0 saturated heterocycles. The molecule has 0 aliphatic carbocycles. The van der Waals surface area contributed by atoms with Crippen molar-refractivity contribution < 1.29 is 26.7 Å². The summed E-state index contributed by atoms with van der Waals surface area (Å²) in [6, 6.07) is 17.7. The number of anilines is 3. The topological polar surface area (TPSA) is 85.4 Å². The van der Waals surface area contributed by atoms with Gasteiger partial charge >= 0.3 is 6.18 Å². The molecule has 0 bridgehead atoms. The minimum absolute atomic E-state index is 0.0814. The Morgan fingerprint density at radius 3 is 2.37 bits per heavy atom. The van der Waals surface area contributed by atoms with Crippen molar-refractivity contribution >= 4 is 45.0 Å². The fourth-order valence-corrected chi connectivity index (χ4v) is 4.61. The normalized spacial score (nSPS) is 12.3. The van der Waals surface area contributed by atoms with Crippen molar-refractivity contribution in [2.75, 3.05) is 9.62 Å². The first-order valence-electron chi connectivity index (χ1n) is 10.1. The summed E-state index contributed by atoms with van der Waals surface area (Å²) in [7, 11) is 0. The minimum atomic E-state index is -4.74. The van der Waals surface area contributed by atoms with Crippen molar-refractivity contribution in [3.8, 4) is 11.3 Å². The first-order valence-corrected chi connectivity index (χ1v) is 12.0. The number of hydrogen-bond acceptors (Lipinski definition) is 5. The van der Waals surface area contributed by atoms with Gasteiger partial charge in [-0.25, -0.2) is 4.98 Å². The Bertz CT molecular complexity index is 1370. The Hall–Kier alpha value is -3.54. The van der Waals surface area contributed by atoms with Crippen molar-refractivity contribution in [1.82, 2.24) is 4.98 Å². The predicted molar refractivity (Wildman–Crippen MR) is 129 cm³/mol. The molecular formula is C24H17F3N3O3S2-. The van der Waals surface area contributed by atoms with Crippen LogP contribution >= 0.6 is 11.3 Å². The maximum Gasteiger partial charge on any atom is 0.416 e. The van der Waals surface area contributed by atoms with Crippen LogP contribution in [0, 0.1) is 6.92 Å². The van der Waals surface area contributed by atoms with Crippen molar-refractivity contribution in [2.45, 2.75) is 13.1 Å². The molecule has 1 N–H and O–H groups in total. The molecule has 0 aliphatic rings. The van der Waals surface area contributed by atoms with Crippen LogP contribution < -0.4 is 9.62 Å². The molecule has 4 aromatic rings. The number of hydrogen-bond donors (Lipinski definition) is 1. The Morgan fingerprint density at radius 1 is 1.06 bits per heavy atom. The van der Waals surface area contributed by atoms with E-state index in [-0.39, 0.29) is 16.4 Å². The molecule has 1 amide bonds. The Labute approximate surface area is 205 Å². The lowest BCUT2D eigenvalue weighted by molar-refractivity contribution is -0.137. The first-order chi connectivity index (χ1) is 16.6. The average molecular weight is 517 g/mol. The summed E-state index contributed by atoms with van der Waals surface area (Å²) in [5, 5.41) is 4.50. The summed E-state index contributed by atoms with van der Waals surface area (Å²) in [5.41, 5.74) is 0.552. The van der Waals surface area contributed by atoms with Crippen LogP contribution in [0.5, 0.6) is 0 Å². The second-order valence-corrected chi connectivity index (χ2v) is 9.09. The van der Waals surface area contributed by atoms with Gasteiger partial charge in [-0.1, -0.05) is 48.0 Å². The first kappa shape index (κ1) is 24.6. The van der Waals surface area contributed by atoms with Gasteiger partial charge in [0.1, 0.15) is 0 Å². The predicted octanol–water partition coefficient (Wildman–Crippen LogP) is 6.32. The molecule has 6 nitrogen and oxygen atoms in total.